The summed E-state index contributed by atoms with van der Waals surface area (Å²) in [5.41, 5.74) is 5.48. The van der Waals surface area contributed by atoms with Crippen LogP contribution in [0.25, 0.3) is 0 Å². The molecule has 6 heteroatoms. The minimum absolute atomic E-state index is 0.348. The lowest BCUT2D eigenvalue weighted by Crippen LogP contribution is -2.49. The van der Waals surface area contributed by atoms with Gasteiger partial charge in [0.15, 0.2) is 0 Å². The van der Waals surface area contributed by atoms with E-state index < -0.39 is 10.0 Å². The van der Waals surface area contributed by atoms with Crippen molar-refractivity contribution in [2.75, 3.05) is 45.0 Å². The molecule has 0 spiro atoms. The van der Waals surface area contributed by atoms with Gasteiger partial charge in [-0.1, -0.05) is 12.8 Å². The van der Waals surface area contributed by atoms with Gasteiger partial charge in [-0.3, -0.25) is 0 Å². The Morgan fingerprint density at radius 3 is 2.33 bits per heavy atom. The molecule has 0 aromatic heterocycles. The Hall–Kier alpha value is -0.170. The Bertz CT molecular complexity index is 346. The Kier molecular flexibility index (Phi) is 5.00. The summed E-state index contributed by atoms with van der Waals surface area (Å²) >= 11 is 0. The SMILES string of the molecule is NCCCN1CCN(S(=O)(=O)CCC2CC2)CC1. The molecular weight excluding hydrogens is 250 g/mol. The zero-order valence-electron chi connectivity index (χ0n) is 11.1. The first-order valence-electron chi connectivity index (χ1n) is 7.02. The summed E-state index contributed by atoms with van der Waals surface area (Å²) in [6.07, 6.45) is 4.30. The number of hydrogen-bond acceptors (Lipinski definition) is 4. The molecule has 1 saturated heterocycles. The first kappa shape index (κ1) is 14.2. The van der Waals surface area contributed by atoms with Gasteiger partial charge < -0.3 is 10.6 Å². The van der Waals surface area contributed by atoms with E-state index in [2.05, 4.69) is 4.90 Å². The van der Waals surface area contributed by atoms with E-state index in [1.54, 1.807) is 4.31 Å². The second kappa shape index (κ2) is 6.32. The van der Waals surface area contributed by atoms with Crippen molar-refractivity contribution < 1.29 is 8.42 Å². The highest BCUT2D eigenvalue weighted by Gasteiger charge is 2.29. The minimum Gasteiger partial charge on any atom is -0.330 e. The summed E-state index contributed by atoms with van der Waals surface area (Å²) in [7, 11) is -3.00. The van der Waals surface area contributed by atoms with Gasteiger partial charge >= 0.3 is 0 Å². The molecule has 1 aliphatic carbocycles. The predicted octanol–water partition coefficient (Wildman–Crippen LogP) is 0.0827. The molecule has 2 aliphatic rings. The summed E-state index contributed by atoms with van der Waals surface area (Å²) in [6.45, 7) is 4.70. The van der Waals surface area contributed by atoms with E-state index in [0.29, 0.717) is 31.3 Å². The fraction of sp³-hybridized carbons (Fsp3) is 1.00. The van der Waals surface area contributed by atoms with E-state index in [4.69, 9.17) is 5.73 Å². The van der Waals surface area contributed by atoms with E-state index in [1.165, 1.54) is 12.8 Å². The molecule has 106 valence electrons. The molecule has 2 N–H and O–H groups in total. The van der Waals surface area contributed by atoms with Crippen LogP contribution in [0.1, 0.15) is 25.7 Å². The van der Waals surface area contributed by atoms with Crippen LogP contribution >= 0.6 is 0 Å². The quantitative estimate of drug-likeness (QED) is 0.715. The zero-order chi connectivity index (χ0) is 13.0. The van der Waals surface area contributed by atoms with Crippen molar-refractivity contribution in [2.24, 2.45) is 11.7 Å². The molecule has 0 radical (unpaired) electrons. The fourth-order valence-corrected chi connectivity index (χ4v) is 4.01. The molecule has 2 rings (SSSR count). The van der Waals surface area contributed by atoms with Crippen molar-refractivity contribution in [3.8, 4) is 0 Å². The van der Waals surface area contributed by atoms with Crippen LogP contribution < -0.4 is 5.73 Å². The first-order valence-corrected chi connectivity index (χ1v) is 8.63. The molecule has 1 heterocycles. The standard InChI is InChI=1S/C12H25N3O2S/c13-5-1-6-14-7-9-15(10-8-14)18(16,17)11-4-12-2-3-12/h12H,1-11,13H2. The summed E-state index contributed by atoms with van der Waals surface area (Å²) < 4.78 is 25.9. The third-order valence-corrected chi connectivity index (χ3v) is 5.79. The van der Waals surface area contributed by atoms with E-state index in [-0.39, 0.29) is 0 Å². The van der Waals surface area contributed by atoms with Crippen LogP contribution in [0.5, 0.6) is 0 Å². The van der Waals surface area contributed by atoms with E-state index in [0.717, 1.165) is 32.5 Å². The number of piperazine rings is 1. The lowest BCUT2D eigenvalue weighted by Gasteiger charge is -2.33. The van der Waals surface area contributed by atoms with E-state index in [1.807, 2.05) is 0 Å². The molecule has 0 amide bonds. The molecule has 2 fully saturated rings. The Balaban J connectivity index is 1.73. The van der Waals surface area contributed by atoms with Crippen molar-refractivity contribution in [1.82, 2.24) is 9.21 Å². The summed E-state index contributed by atoms with van der Waals surface area (Å²) in [5.74, 6) is 1.03. The molecule has 0 bridgehead atoms. The molecule has 1 aliphatic heterocycles. The monoisotopic (exact) mass is 275 g/mol. The van der Waals surface area contributed by atoms with Crippen LogP contribution in [0.2, 0.25) is 0 Å². The maximum absolute atomic E-state index is 12.1. The average Bonchev–Trinajstić information content (AvgIpc) is 3.19. The largest absolute Gasteiger partial charge is 0.330 e. The van der Waals surface area contributed by atoms with Crippen LogP contribution in [0.3, 0.4) is 0 Å². The van der Waals surface area contributed by atoms with Crippen molar-refractivity contribution in [1.29, 1.82) is 0 Å². The van der Waals surface area contributed by atoms with E-state index in [9.17, 15) is 8.42 Å². The second-order valence-electron chi connectivity index (χ2n) is 5.43. The van der Waals surface area contributed by atoms with Gasteiger partial charge in [0.2, 0.25) is 10.0 Å². The Morgan fingerprint density at radius 2 is 1.78 bits per heavy atom. The third kappa shape index (κ3) is 4.19. The van der Waals surface area contributed by atoms with Crippen molar-refractivity contribution in [2.45, 2.75) is 25.7 Å². The number of nitrogens with two attached hydrogens (primary N) is 1. The lowest BCUT2D eigenvalue weighted by molar-refractivity contribution is 0.187. The van der Waals surface area contributed by atoms with Crippen molar-refractivity contribution in [3.05, 3.63) is 0 Å². The van der Waals surface area contributed by atoms with Gasteiger partial charge in [0.1, 0.15) is 0 Å². The fourth-order valence-electron chi connectivity index (χ4n) is 2.40. The number of rotatable bonds is 7. The number of hydrogen-bond donors (Lipinski definition) is 1. The molecule has 0 atom stereocenters. The molecule has 5 nitrogen and oxygen atoms in total. The van der Waals surface area contributed by atoms with Crippen LogP contribution in [0.4, 0.5) is 0 Å². The van der Waals surface area contributed by atoms with Crippen molar-refractivity contribution >= 4 is 10.0 Å². The van der Waals surface area contributed by atoms with Crippen LogP contribution in [0, 0.1) is 5.92 Å². The van der Waals surface area contributed by atoms with Gasteiger partial charge in [-0.15, -0.1) is 0 Å². The predicted molar refractivity (Wildman–Crippen MR) is 72.8 cm³/mol. The van der Waals surface area contributed by atoms with Crippen LogP contribution in [-0.4, -0.2) is 62.6 Å². The highest BCUT2D eigenvalue weighted by molar-refractivity contribution is 7.89. The first-order chi connectivity index (χ1) is 8.62. The zero-order valence-corrected chi connectivity index (χ0v) is 11.9. The Labute approximate surface area is 110 Å². The Morgan fingerprint density at radius 1 is 1.11 bits per heavy atom. The molecule has 0 aromatic rings. The van der Waals surface area contributed by atoms with Gasteiger partial charge in [0.05, 0.1) is 5.75 Å². The van der Waals surface area contributed by atoms with Gasteiger partial charge in [-0.25, -0.2) is 8.42 Å². The van der Waals surface area contributed by atoms with Gasteiger partial charge in [0.25, 0.3) is 0 Å². The van der Waals surface area contributed by atoms with Crippen LogP contribution in [0.15, 0.2) is 0 Å². The minimum atomic E-state index is -3.00. The van der Waals surface area contributed by atoms with Gasteiger partial charge in [-0.2, -0.15) is 4.31 Å². The van der Waals surface area contributed by atoms with Gasteiger partial charge in [-0.05, 0) is 31.8 Å². The van der Waals surface area contributed by atoms with Crippen molar-refractivity contribution in [3.63, 3.8) is 0 Å². The smallest absolute Gasteiger partial charge is 0.214 e. The number of nitrogens with zero attached hydrogens (tertiary/aromatic N) is 2. The highest BCUT2D eigenvalue weighted by atomic mass is 32.2. The summed E-state index contributed by atoms with van der Waals surface area (Å²) in [4.78, 5) is 2.31. The summed E-state index contributed by atoms with van der Waals surface area (Å²) in [5, 5.41) is 0. The number of sulfonamides is 1. The highest BCUT2D eigenvalue weighted by Crippen LogP contribution is 2.32. The molecule has 0 aromatic carbocycles. The maximum Gasteiger partial charge on any atom is 0.214 e. The van der Waals surface area contributed by atoms with E-state index >= 15 is 0 Å². The molecular formula is C12H25N3O2S. The summed E-state index contributed by atoms with van der Waals surface area (Å²) in [6, 6.07) is 0. The van der Waals surface area contributed by atoms with Crippen LogP contribution in [-0.2, 0) is 10.0 Å². The third-order valence-electron chi connectivity index (χ3n) is 3.88. The topological polar surface area (TPSA) is 66.6 Å². The molecule has 18 heavy (non-hydrogen) atoms. The van der Waals surface area contributed by atoms with Gasteiger partial charge in [0, 0.05) is 26.2 Å². The lowest BCUT2D eigenvalue weighted by atomic mass is 10.3. The normalized spacial score (nSPS) is 23.4. The molecule has 0 unspecified atom stereocenters. The maximum atomic E-state index is 12.1. The molecule has 1 saturated carbocycles. The average molecular weight is 275 g/mol. The second-order valence-corrected chi connectivity index (χ2v) is 7.52.